The normalized spacial score (nSPS) is 10.2. The highest BCUT2D eigenvalue weighted by Crippen LogP contribution is 2.17. The van der Waals surface area contributed by atoms with Crippen LogP contribution in [0.4, 0.5) is 0 Å². The van der Waals surface area contributed by atoms with E-state index < -0.39 is 5.97 Å². The Morgan fingerprint density at radius 2 is 2.38 bits per heavy atom. The summed E-state index contributed by atoms with van der Waals surface area (Å²) < 4.78 is 1.37. The van der Waals surface area contributed by atoms with Crippen LogP contribution in [0, 0.1) is 0 Å². The van der Waals surface area contributed by atoms with Gasteiger partial charge in [0.15, 0.2) is 0 Å². The first-order valence-corrected chi connectivity index (χ1v) is 5.37. The fourth-order valence-electron chi connectivity index (χ4n) is 1.34. The Balaban J connectivity index is 2.35. The molecule has 0 spiro atoms. The molecule has 2 heterocycles. The molecule has 0 aliphatic rings. The summed E-state index contributed by atoms with van der Waals surface area (Å²) >= 11 is 1.15. The number of aromatic nitrogens is 2. The Labute approximate surface area is 94.6 Å². The molecule has 0 atom stereocenters. The van der Waals surface area contributed by atoms with E-state index in [1.807, 2.05) is 0 Å². The molecule has 82 valence electrons. The van der Waals surface area contributed by atoms with E-state index in [-0.39, 0.29) is 17.1 Å². The van der Waals surface area contributed by atoms with Gasteiger partial charge in [-0.1, -0.05) is 0 Å². The lowest BCUT2D eigenvalue weighted by Gasteiger charge is -2.03. The molecule has 0 amide bonds. The van der Waals surface area contributed by atoms with Crippen molar-refractivity contribution in [2.24, 2.45) is 0 Å². The number of carboxylic acids is 1. The van der Waals surface area contributed by atoms with Crippen LogP contribution in [-0.2, 0) is 6.54 Å². The third-order valence-electron chi connectivity index (χ3n) is 2.06. The number of carboxylic acid groups (broad SMARTS) is 1. The van der Waals surface area contributed by atoms with Crippen LogP contribution in [0.5, 0.6) is 0 Å². The second kappa shape index (κ2) is 4.28. The van der Waals surface area contributed by atoms with Crippen molar-refractivity contribution in [3.8, 4) is 0 Å². The molecule has 2 aromatic heterocycles. The smallest absolute Gasteiger partial charge is 0.347 e. The molecular weight excluding hydrogens is 228 g/mol. The first-order chi connectivity index (χ1) is 7.68. The number of hydrogen-bond donors (Lipinski definition) is 1. The molecule has 1 N–H and O–H groups in total. The van der Waals surface area contributed by atoms with Crippen molar-refractivity contribution in [1.82, 2.24) is 9.55 Å². The maximum atomic E-state index is 11.3. The van der Waals surface area contributed by atoms with Gasteiger partial charge in [0.2, 0.25) is 0 Å². The predicted octanol–water partition coefficient (Wildman–Crippen LogP) is 1.05. The molecule has 0 bridgehead atoms. The van der Waals surface area contributed by atoms with Crippen molar-refractivity contribution in [2.75, 3.05) is 0 Å². The lowest BCUT2D eigenvalue weighted by molar-refractivity contribution is 0.0701. The Bertz CT molecular complexity index is 573. The molecule has 6 heteroatoms. The zero-order valence-corrected chi connectivity index (χ0v) is 8.98. The maximum Gasteiger partial charge on any atom is 0.347 e. The van der Waals surface area contributed by atoms with Crippen molar-refractivity contribution in [2.45, 2.75) is 6.54 Å². The number of aromatic carboxylic acids is 1. The molecule has 0 aliphatic heterocycles. The van der Waals surface area contributed by atoms with Gasteiger partial charge in [-0.05, 0) is 23.1 Å². The van der Waals surface area contributed by atoms with Gasteiger partial charge < -0.3 is 5.11 Å². The summed E-state index contributed by atoms with van der Waals surface area (Å²) in [6.45, 7) is 0.234. The van der Waals surface area contributed by atoms with Crippen LogP contribution in [0.25, 0.3) is 0 Å². The molecule has 0 radical (unpaired) electrons. The first kappa shape index (κ1) is 10.6. The van der Waals surface area contributed by atoms with E-state index in [1.54, 1.807) is 23.7 Å². The van der Waals surface area contributed by atoms with Crippen molar-refractivity contribution in [3.63, 3.8) is 0 Å². The quantitative estimate of drug-likeness (QED) is 0.864. The lowest BCUT2D eigenvalue weighted by atomic mass is 10.2. The summed E-state index contributed by atoms with van der Waals surface area (Å²) in [6, 6.07) is 3.34. The third kappa shape index (κ3) is 2.01. The SMILES string of the molecule is O=C(O)c1sccc1Cn1cccnc1=O. The monoisotopic (exact) mass is 236 g/mol. The fourth-order valence-corrected chi connectivity index (χ4v) is 2.09. The molecule has 16 heavy (non-hydrogen) atoms. The molecule has 5 nitrogen and oxygen atoms in total. The van der Waals surface area contributed by atoms with Crippen molar-refractivity contribution < 1.29 is 9.90 Å². The first-order valence-electron chi connectivity index (χ1n) is 4.49. The van der Waals surface area contributed by atoms with E-state index in [9.17, 15) is 9.59 Å². The number of nitrogens with zero attached hydrogens (tertiary/aromatic N) is 2. The minimum Gasteiger partial charge on any atom is -0.477 e. The molecule has 0 unspecified atom stereocenters. The van der Waals surface area contributed by atoms with Gasteiger partial charge in [0.1, 0.15) is 4.88 Å². The van der Waals surface area contributed by atoms with Gasteiger partial charge in [-0.15, -0.1) is 11.3 Å². The topological polar surface area (TPSA) is 72.2 Å². The minimum absolute atomic E-state index is 0.234. The van der Waals surface area contributed by atoms with Gasteiger partial charge in [-0.3, -0.25) is 4.57 Å². The van der Waals surface area contributed by atoms with Crippen LogP contribution < -0.4 is 5.69 Å². The molecule has 0 aromatic carbocycles. The zero-order chi connectivity index (χ0) is 11.5. The van der Waals surface area contributed by atoms with E-state index in [0.29, 0.717) is 5.56 Å². The summed E-state index contributed by atoms with van der Waals surface area (Å²) in [5.41, 5.74) is 0.234. The Morgan fingerprint density at radius 3 is 3.06 bits per heavy atom. The van der Waals surface area contributed by atoms with E-state index in [0.717, 1.165) is 11.3 Å². The lowest BCUT2D eigenvalue weighted by Crippen LogP contribution is -2.22. The standard InChI is InChI=1S/C10H8N2O3S/c13-9(14)8-7(2-5-16-8)6-12-4-1-3-11-10(12)15/h1-5H,6H2,(H,13,14). The summed E-state index contributed by atoms with van der Waals surface area (Å²) in [6.07, 6.45) is 2.99. The van der Waals surface area contributed by atoms with E-state index >= 15 is 0 Å². The largest absolute Gasteiger partial charge is 0.477 e. The Kier molecular flexibility index (Phi) is 2.82. The predicted molar refractivity (Wildman–Crippen MR) is 58.9 cm³/mol. The van der Waals surface area contributed by atoms with Crippen LogP contribution in [0.2, 0.25) is 0 Å². The third-order valence-corrected chi connectivity index (χ3v) is 3.01. The van der Waals surface area contributed by atoms with E-state index in [1.165, 1.54) is 10.8 Å². The van der Waals surface area contributed by atoms with Gasteiger partial charge in [0.25, 0.3) is 0 Å². The number of thiophene rings is 1. The van der Waals surface area contributed by atoms with Gasteiger partial charge in [-0.2, -0.15) is 0 Å². The number of hydrogen-bond acceptors (Lipinski definition) is 4. The van der Waals surface area contributed by atoms with Gasteiger partial charge in [0.05, 0.1) is 6.54 Å². The summed E-state index contributed by atoms with van der Waals surface area (Å²) in [5.74, 6) is -0.970. The van der Waals surface area contributed by atoms with Crippen LogP contribution in [0.15, 0.2) is 34.7 Å². The average Bonchev–Trinajstić information content (AvgIpc) is 2.69. The number of rotatable bonds is 3. The zero-order valence-electron chi connectivity index (χ0n) is 8.16. The van der Waals surface area contributed by atoms with Crippen LogP contribution in [0.1, 0.15) is 15.2 Å². The van der Waals surface area contributed by atoms with Crippen LogP contribution in [0.3, 0.4) is 0 Å². The van der Waals surface area contributed by atoms with E-state index in [2.05, 4.69) is 4.98 Å². The van der Waals surface area contributed by atoms with Crippen molar-refractivity contribution in [1.29, 1.82) is 0 Å². The second-order valence-corrected chi connectivity index (χ2v) is 4.03. The highest BCUT2D eigenvalue weighted by atomic mass is 32.1. The molecular formula is C10H8N2O3S. The van der Waals surface area contributed by atoms with Gasteiger partial charge >= 0.3 is 11.7 Å². The molecule has 2 aromatic rings. The number of carbonyl (C=O) groups is 1. The molecule has 0 aliphatic carbocycles. The second-order valence-electron chi connectivity index (χ2n) is 3.11. The molecule has 0 saturated carbocycles. The van der Waals surface area contributed by atoms with Crippen molar-refractivity contribution in [3.05, 3.63) is 50.8 Å². The highest BCUT2D eigenvalue weighted by Gasteiger charge is 2.12. The highest BCUT2D eigenvalue weighted by molar-refractivity contribution is 7.12. The molecule has 2 rings (SSSR count). The summed E-state index contributed by atoms with van der Waals surface area (Å²) in [4.78, 5) is 26.1. The van der Waals surface area contributed by atoms with Crippen LogP contribution >= 0.6 is 11.3 Å². The van der Waals surface area contributed by atoms with Crippen LogP contribution in [-0.4, -0.2) is 20.6 Å². The Hall–Kier alpha value is -1.95. The average molecular weight is 236 g/mol. The Morgan fingerprint density at radius 1 is 1.56 bits per heavy atom. The minimum atomic E-state index is -0.970. The summed E-state index contributed by atoms with van der Waals surface area (Å²) in [7, 11) is 0. The molecule has 0 fully saturated rings. The fraction of sp³-hybridized carbons (Fsp3) is 0.100. The van der Waals surface area contributed by atoms with Gasteiger partial charge in [-0.25, -0.2) is 14.6 Å². The van der Waals surface area contributed by atoms with E-state index in [4.69, 9.17) is 5.11 Å². The van der Waals surface area contributed by atoms with Crippen molar-refractivity contribution >= 4 is 17.3 Å². The van der Waals surface area contributed by atoms with Gasteiger partial charge in [0, 0.05) is 12.4 Å². The molecule has 0 saturated heterocycles. The summed E-state index contributed by atoms with van der Waals surface area (Å²) in [5, 5.41) is 10.6. The maximum absolute atomic E-state index is 11.3.